The van der Waals surface area contributed by atoms with Gasteiger partial charge in [-0.25, -0.2) is 0 Å². The van der Waals surface area contributed by atoms with Crippen LogP contribution < -0.4 is 10.1 Å². The number of nitrogens with one attached hydrogen (secondary N) is 1. The standard InChI is InChI=1S/C17H15NO3/c1-11-3-4-13-10-16(21-15(13)9-11)18-17(19)12-5-7-14(20-2)8-6-12/h3-10H,1-2H3,(H,18,19). The number of carbonyl (C=O) groups excluding carboxylic acids is 1. The molecule has 2 aromatic carbocycles. The highest BCUT2D eigenvalue weighted by molar-refractivity contribution is 6.04. The third-order valence-corrected chi connectivity index (χ3v) is 3.26. The van der Waals surface area contributed by atoms with E-state index in [1.54, 1.807) is 31.4 Å². The number of aryl methyl sites for hydroxylation is 1. The first-order valence-corrected chi connectivity index (χ1v) is 6.61. The quantitative estimate of drug-likeness (QED) is 0.789. The van der Waals surface area contributed by atoms with Gasteiger partial charge in [0.25, 0.3) is 5.91 Å². The second-order valence-corrected chi connectivity index (χ2v) is 4.83. The topological polar surface area (TPSA) is 51.5 Å². The molecule has 0 radical (unpaired) electrons. The first-order chi connectivity index (χ1) is 10.2. The van der Waals surface area contributed by atoms with Crippen molar-refractivity contribution in [2.45, 2.75) is 6.92 Å². The summed E-state index contributed by atoms with van der Waals surface area (Å²) < 4.78 is 10.7. The highest BCUT2D eigenvalue weighted by Crippen LogP contribution is 2.24. The van der Waals surface area contributed by atoms with Crippen LogP contribution in [0.1, 0.15) is 15.9 Å². The van der Waals surface area contributed by atoms with Crippen molar-refractivity contribution in [3.8, 4) is 5.75 Å². The lowest BCUT2D eigenvalue weighted by atomic mass is 10.2. The Morgan fingerprint density at radius 3 is 2.57 bits per heavy atom. The molecule has 1 heterocycles. The van der Waals surface area contributed by atoms with Crippen molar-refractivity contribution in [3.05, 3.63) is 59.7 Å². The van der Waals surface area contributed by atoms with E-state index in [0.29, 0.717) is 17.2 Å². The smallest absolute Gasteiger partial charge is 0.257 e. The molecule has 1 N–H and O–H groups in total. The zero-order valence-corrected chi connectivity index (χ0v) is 11.8. The molecule has 0 atom stereocenters. The van der Waals surface area contributed by atoms with E-state index < -0.39 is 0 Å². The maximum absolute atomic E-state index is 12.1. The van der Waals surface area contributed by atoms with Gasteiger partial charge in [-0.2, -0.15) is 0 Å². The summed E-state index contributed by atoms with van der Waals surface area (Å²) in [5.74, 6) is 0.940. The van der Waals surface area contributed by atoms with E-state index in [0.717, 1.165) is 16.5 Å². The lowest BCUT2D eigenvalue weighted by Gasteiger charge is -2.03. The normalized spacial score (nSPS) is 10.6. The van der Waals surface area contributed by atoms with Crippen LogP contribution in [0, 0.1) is 6.92 Å². The summed E-state index contributed by atoms with van der Waals surface area (Å²) in [6, 6.07) is 14.6. The van der Waals surface area contributed by atoms with Gasteiger partial charge in [0.1, 0.15) is 11.3 Å². The van der Waals surface area contributed by atoms with E-state index in [1.807, 2.05) is 31.2 Å². The summed E-state index contributed by atoms with van der Waals surface area (Å²) in [7, 11) is 1.59. The van der Waals surface area contributed by atoms with E-state index in [4.69, 9.17) is 9.15 Å². The fourth-order valence-electron chi connectivity index (χ4n) is 2.13. The van der Waals surface area contributed by atoms with Gasteiger partial charge in [-0.1, -0.05) is 12.1 Å². The molecule has 0 bridgehead atoms. The number of anilines is 1. The van der Waals surface area contributed by atoms with Gasteiger partial charge in [-0.15, -0.1) is 0 Å². The molecule has 1 amide bonds. The average Bonchev–Trinajstić information content (AvgIpc) is 2.88. The van der Waals surface area contributed by atoms with Gasteiger partial charge in [0.2, 0.25) is 5.88 Å². The number of benzene rings is 2. The van der Waals surface area contributed by atoms with Crippen LogP contribution >= 0.6 is 0 Å². The van der Waals surface area contributed by atoms with Gasteiger partial charge in [-0.3, -0.25) is 10.1 Å². The molecular weight excluding hydrogens is 266 g/mol. The molecule has 3 rings (SSSR count). The minimum atomic E-state index is -0.214. The van der Waals surface area contributed by atoms with Gasteiger partial charge < -0.3 is 9.15 Å². The number of methoxy groups -OCH3 is 1. The van der Waals surface area contributed by atoms with Crippen LogP contribution in [0.25, 0.3) is 11.0 Å². The highest BCUT2D eigenvalue weighted by atomic mass is 16.5. The molecule has 0 saturated carbocycles. The Bertz CT molecular complexity index is 787. The number of ether oxygens (including phenoxy) is 1. The third kappa shape index (κ3) is 2.74. The summed E-state index contributed by atoms with van der Waals surface area (Å²) in [6.45, 7) is 2.00. The third-order valence-electron chi connectivity index (χ3n) is 3.26. The molecule has 106 valence electrons. The fourth-order valence-corrected chi connectivity index (χ4v) is 2.13. The van der Waals surface area contributed by atoms with Crippen LogP contribution in [-0.2, 0) is 0 Å². The molecule has 0 unspecified atom stereocenters. The van der Waals surface area contributed by atoms with Crippen molar-refractivity contribution in [2.75, 3.05) is 12.4 Å². The number of hydrogen-bond acceptors (Lipinski definition) is 3. The lowest BCUT2D eigenvalue weighted by molar-refractivity contribution is 0.102. The van der Waals surface area contributed by atoms with Crippen LogP contribution in [0.4, 0.5) is 5.88 Å². The molecule has 4 nitrogen and oxygen atoms in total. The molecule has 1 aromatic heterocycles. The minimum absolute atomic E-state index is 0.214. The summed E-state index contributed by atoms with van der Waals surface area (Å²) in [4.78, 5) is 12.1. The highest BCUT2D eigenvalue weighted by Gasteiger charge is 2.10. The van der Waals surface area contributed by atoms with Crippen molar-refractivity contribution in [2.24, 2.45) is 0 Å². The maximum atomic E-state index is 12.1. The number of fused-ring (bicyclic) bond motifs is 1. The monoisotopic (exact) mass is 281 g/mol. The Morgan fingerprint density at radius 2 is 1.86 bits per heavy atom. The number of carbonyl (C=O) groups is 1. The van der Waals surface area contributed by atoms with Crippen LogP contribution in [0.15, 0.2) is 52.9 Å². The molecule has 3 aromatic rings. The Kier molecular flexibility index (Phi) is 3.36. The van der Waals surface area contributed by atoms with Crippen molar-refractivity contribution in [3.63, 3.8) is 0 Å². The average molecular weight is 281 g/mol. The maximum Gasteiger partial charge on any atom is 0.257 e. The summed E-state index contributed by atoms with van der Waals surface area (Å²) in [5, 5.41) is 3.72. The van der Waals surface area contributed by atoms with Crippen LogP contribution in [0.2, 0.25) is 0 Å². The number of amides is 1. The Balaban J connectivity index is 1.81. The van der Waals surface area contributed by atoms with Crippen molar-refractivity contribution < 1.29 is 13.9 Å². The first kappa shape index (κ1) is 13.2. The van der Waals surface area contributed by atoms with Crippen molar-refractivity contribution in [1.29, 1.82) is 0 Å². The number of rotatable bonds is 3. The Morgan fingerprint density at radius 1 is 1.10 bits per heavy atom. The second-order valence-electron chi connectivity index (χ2n) is 4.83. The van der Waals surface area contributed by atoms with Crippen LogP contribution in [0.3, 0.4) is 0 Å². The van der Waals surface area contributed by atoms with Crippen LogP contribution in [-0.4, -0.2) is 13.0 Å². The Labute approximate surface area is 122 Å². The predicted molar refractivity (Wildman–Crippen MR) is 81.9 cm³/mol. The first-order valence-electron chi connectivity index (χ1n) is 6.61. The van der Waals surface area contributed by atoms with Crippen molar-refractivity contribution >= 4 is 22.8 Å². The van der Waals surface area contributed by atoms with E-state index in [9.17, 15) is 4.79 Å². The minimum Gasteiger partial charge on any atom is -0.497 e. The van der Waals surface area contributed by atoms with Gasteiger partial charge in [-0.05, 0) is 42.8 Å². The van der Waals surface area contributed by atoms with E-state index in [2.05, 4.69) is 5.32 Å². The summed E-state index contributed by atoms with van der Waals surface area (Å²) in [6.07, 6.45) is 0. The summed E-state index contributed by atoms with van der Waals surface area (Å²) >= 11 is 0. The van der Waals surface area contributed by atoms with E-state index in [1.165, 1.54) is 0 Å². The van der Waals surface area contributed by atoms with Gasteiger partial charge >= 0.3 is 0 Å². The second kappa shape index (κ2) is 5.32. The fraction of sp³-hybridized carbons (Fsp3) is 0.118. The van der Waals surface area contributed by atoms with Crippen LogP contribution in [0.5, 0.6) is 5.75 Å². The van der Waals surface area contributed by atoms with Gasteiger partial charge in [0, 0.05) is 17.0 Å². The number of furan rings is 1. The zero-order chi connectivity index (χ0) is 14.8. The van der Waals surface area contributed by atoms with E-state index in [-0.39, 0.29) is 5.91 Å². The molecule has 0 aliphatic carbocycles. The molecule has 0 spiro atoms. The largest absolute Gasteiger partial charge is 0.497 e. The van der Waals surface area contributed by atoms with Gasteiger partial charge in [0.15, 0.2) is 0 Å². The Hall–Kier alpha value is -2.75. The SMILES string of the molecule is COc1ccc(C(=O)Nc2cc3ccc(C)cc3o2)cc1. The molecule has 21 heavy (non-hydrogen) atoms. The molecule has 0 aliphatic rings. The lowest BCUT2D eigenvalue weighted by Crippen LogP contribution is -2.10. The molecule has 0 fully saturated rings. The number of hydrogen-bond donors (Lipinski definition) is 1. The molecule has 4 heteroatoms. The zero-order valence-electron chi connectivity index (χ0n) is 11.8. The molecule has 0 saturated heterocycles. The molecular formula is C17H15NO3. The predicted octanol–water partition coefficient (Wildman–Crippen LogP) is 4.00. The van der Waals surface area contributed by atoms with Gasteiger partial charge in [0.05, 0.1) is 7.11 Å². The van der Waals surface area contributed by atoms with Crippen molar-refractivity contribution in [1.82, 2.24) is 0 Å². The summed E-state index contributed by atoms with van der Waals surface area (Å²) in [5.41, 5.74) is 2.43. The van der Waals surface area contributed by atoms with E-state index >= 15 is 0 Å². The molecule has 0 aliphatic heterocycles.